The van der Waals surface area contributed by atoms with Crippen molar-refractivity contribution in [2.24, 2.45) is 0 Å². The highest BCUT2D eigenvalue weighted by atomic mass is 32.1. The van der Waals surface area contributed by atoms with E-state index < -0.39 is 5.97 Å². The number of aryl methyl sites for hydroxylation is 2. The quantitative estimate of drug-likeness (QED) is 0.804. The SMILES string of the molecule is Cc1nc(Cn2c(C)nc3cc(C(=O)O)ccc32)cs1. The van der Waals surface area contributed by atoms with E-state index >= 15 is 0 Å². The zero-order valence-electron chi connectivity index (χ0n) is 11.1. The van der Waals surface area contributed by atoms with Gasteiger partial charge < -0.3 is 9.67 Å². The topological polar surface area (TPSA) is 68.0 Å². The zero-order chi connectivity index (χ0) is 14.3. The third kappa shape index (κ3) is 2.18. The van der Waals surface area contributed by atoms with Gasteiger partial charge in [-0.3, -0.25) is 0 Å². The van der Waals surface area contributed by atoms with E-state index in [4.69, 9.17) is 5.11 Å². The molecule has 0 unspecified atom stereocenters. The standard InChI is InChI=1S/C14H13N3O2S/c1-8-15-12-5-10(14(18)19)3-4-13(12)17(8)6-11-7-20-9(2)16-11/h3-5,7H,6H2,1-2H3,(H,18,19). The molecule has 0 saturated carbocycles. The summed E-state index contributed by atoms with van der Waals surface area (Å²) in [4.78, 5) is 19.9. The van der Waals surface area contributed by atoms with Crippen LogP contribution in [0.3, 0.4) is 0 Å². The van der Waals surface area contributed by atoms with Crippen molar-refractivity contribution in [1.82, 2.24) is 14.5 Å². The Balaban J connectivity index is 2.06. The Morgan fingerprint density at radius 3 is 2.80 bits per heavy atom. The normalized spacial score (nSPS) is 11.1. The van der Waals surface area contributed by atoms with E-state index in [1.54, 1.807) is 29.5 Å². The third-order valence-corrected chi connectivity index (χ3v) is 4.00. The van der Waals surface area contributed by atoms with Crippen LogP contribution < -0.4 is 0 Å². The summed E-state index contributed by atoms with van der Waals surface area (Å²) in [5.41, 5.74) is 2.89. The maximum atomic E-state index is 11.0. The van der Waals surface area contributed by atoms with E-state index in [0.29, 0.717) is 12.1 Å². The van der Waals surface area contributed by atoms with Crippen LogP contribution in [-0.4, -0.2) is 25.6 Å². The maximum absolute atomic E-state index is 11.0. The van der Waals surface area contributed by atoms with E-state index in [-0.39, 0.29) is 5.56 Å². The predicted molar refractivity (Wildman–Crippen MR) is 77.4 cm³/mol. The van der Waals surface area contributed by atoms with Gasteiger partial charge in [-0.1, -0.05) is 0 Å². The number of fused-ring (bicyclic) bond motifs is 1. The van der Waals surface area contributed by atoms with Crippen molar-refractivity contribution in [3.05, 3.63) is 45.7 Å². The monoisotopic (exact) mass is 287 g/mol. The van der Waals surface area contributed by atoms with Crippen molar-refractivity contribution in [3.63, 3.8) is 0 Å². The molecule has 102 valence electrons. The van der Waals surface area contributed by atoms with Gasteiger partial charge in [0.05, 0.1) is 33.8 Å². The lowest BCUT2D eigenvalue weighted by Crippen LogP contribution is -2.02. The Morgan fingerprint density at radius 2 is 2.15 bits per heavy atom. The minimum atomic E-state index is -0.936. The molecule has 6 heteroatoms. The van der Waals surface area contributed by atoms with Crippen LogP contribution in [0.4, 0.5) is 0 Å². The summed E-state index contributed by atoms with van der Waals surface area (Å²) in [6.07, 6.45) is 0. The summed E-state index contributed by atoms with van der Waals surface area (Å²) in [6, 6.07) is 5.01. The van der Waals surface area contributed by atoms with Gasteiger partial charge in [-0.15, -0.1) is 11.3 Å². The Labute approximate surface area is 119 Å². The molecule has 0 aliphatic heterocycles. The number of thiazole rings is 1. The fourth-order valence-corrected chi connectivity index (χ4v) is 2.83. The Bertz CT molecular complexity index is 804. The molecule has 1 aromatic carbocycles. The average molecular weight is 287 g/mol. The molecule has 2 aromatic heterocycles. The number of rotatable bonds is 3. The van der Waals surface area contributed by atoms with Crippen LogP contribution in [0.5, 0.6) is 0 Å². The van der Waals surface area contributed by atoms with Gasteiger partial charge in [0.2, 0.25) is 0 Å². The summed E-state index contributed by atoms with van der Waals surface area (Å²) in [5.74, 6) is -0.0811. The van der Waals surface area contributed by atoms with Crippen LogP contribution in [0.2, 0.25) is 0 Å². The molecule has 5 nitrogen and oxygen atoms in total. The lowest BCUT2D eigenvalue weighted by molar-refractivity contribution is 0.0697. The van der Waals surface area contributed by atoms with Crippen molar-refractivity contribution in [3.8, 4) is 0 Å². The summed E-state index contributed by atoms with van der Waals surface area (Å²) in [6.45, 7) is 4.55. The van der Waals surface area contributed by atoms with E-state index in [0.717, 1.165) is 22.0 Å². The fourth-order valence-electron chi connectivity index (χ4n) is 2.23. The number of aromatic nitrogens is 3. The molecule has 20 heavy (non-hydrogen) atoms. The summed E-state index contributed by atoms with van der Waals surface area (Å²) in [7, 11) is 0. The lowest BCUT2D eigenvalue weighted by Gasteiger charge is -2.04. The molecule has 2 heterocycles. The van der Waals surface area contributed by atoms with Crippen molar-refractivity contribution in [2.45, 2.75) is 20.4 Å². The molecule has 0 atom stereocenters. The molecular weight excluding hydrogens is 274 g/mol. The highest BCUT2D eigenvalue weighted by Crippen LogP contribution is 2.20. The van der Waals surface area contributed by atoms with Gasteiger partial charge in [-0.25, -0.2) is 14.8 Å². The number of carboxylic acid groups (broad SMARTS) is 1. The maximum Gasteiger partial charge on any atom is 0.335 e. The fraction of sp³-hybridized carbons (Fsp3) is 0.214. The van der Waals surface area contributed by atoms with E-state index in [1.807, 2.05) is 19.2 Å². The molecular formula is C14H13N3O2S. The van der Waals surface area contributed by atoms with E-state index in [9.17, 15) is 4.79 Å². The molecule has 1 N–H and O–H groups in total. The first-order valence-corrected chi connectivity index (χ1v) is 7.04. The van der Waals surface area contributed by atoms with Crippen LogP contribution >= 0.6 is 11.3 Å². The average Bonchev–Trinajstić information content (AvgIpc) is 2.94. The molecule has 0 amide bonds. The first kappa shape index (κ1) is 12.8. The molecule has 0 fully saturated rings. The van der Waals surface area contributed by atoms with Crippen LogP contribution in [0.25, 0.3) is 11.0 Å². The first-order chi connectivity index (χ1) is 9.54. The van der Waals surface area contributed by atoms with E-state index in [2.05, 4.69) is 14.5 Å². The Hall–Kier alpha value is -2.21. The summed E-state index contributed by atoms with van der Waals surface area (Å²) in [5, 5.41) is 12.1. The number of carbonyl (C=O) groups is 1. The molecule has 3 rings (SSSR count). The van der Waals surface area contributed by atoms with Crippen molar-refractivity contribution < 1.29 is 9.90 Å². The second-order valence-electron chi connectivity index (χ2n) is 4.61. The van der Waals surface area contributed by atoms with Gasteiger partial charge in [-0.2, -0.15) is 0 Å². The van der Waals surface area contributed by atoms with Crippen LogP contribution in [-0.2, 0) is 6.54 Å². The molecule has 0 aliphatic carbocycles. The number of aromatic carboxylic acids is 1. The number of carboxylic acids is 1. The van der Waals surface area contributed by atoms with E-state index in [1.165, 1.54) is 0 Å². The third-order valence-electron chi connectivity index (χ3n) is 3.17. The second-order valence-corrected chi connectivity index (χ2v) is 5.67. The van der Waals surface area contributed by atoms with Gasteiger partial charge in [0.15, 0.2) is 0 Å². The highest BCUT2D eigenvalue weighted by Gasteiger charge is 2.11. The second kappa shape index (κ2) is 4.72. The Kier molecular flexibility index (Phi) is 3.02. The van der Waals surface area contributed by atoms with Crippen molar-refractivity contribution in [1.29, 1.82) is 0 Å². The van der Waals surface area contributed by atoms with Gasteiger partial charge in [0.25, 0.3) is 0 Å². The minimum absolute atomic E-state index is 0.256. The van der Waals surface area contributed by atoms with Crippen LogP contribution in [0.1, 0.15) is 26.9 Å². The zero-order valence-corrected chi connectivity index (χ0v) is 11.9. The van der Waals surface area contributed by atoms with Gasteiger partial charge in [-0.05, 0) is 32.0 Å². The number of imidazole rings is 1. The predicted octanol–water partition coefficient (Wildman–Crippen LogP) is 2.86. The molecule has 3 aromatic rings. The van der Waals surface area contributed by atoms with Crippen molar-refractivity contribution in [2.75, 3.05) is 0 Å². The molecule has 0 bridgehead atoms. The van der Waals surface area contributed by atoms with Crippen LogP contribution in [0.15, 0.2) is 23.6 Å². The molecule has 0 saturated heterocycles. The van der Waals surface area contributed by atoms with Gasteiger partial charge >= 0.3 is 5.97 Å². The molecule has 0 aliphatic rings. The Morgan fingerprint density at radius 1 is 1.35 bits per heavy atom. The van der Waals surface area contributed by atoms with Gasteiger partial charge in [0, 0.05) is 5.38 Å². The minimum Gasteiger partial charge on any atom is -0.478 e. The van der Waals surface area contributed by atoms with Crippen LogP contribution in [0, 0.1) is 13.8 Å². The summed E-state index contributed by atoms with van der Waals surface area (Å²) >= 11 is 1.62. The highest BCUT2D eigenvalue weighted by molar-refractivity contribution is 7.09. The largest absolute Gasteiger partial charge is 0.478 e. The number of nitrogens with zero attached hydrogens (tertiary/aromatic N) is 3. The number of benzene rings is 1. The summed E-state index contributed by atoms with van der Waals surface area (Å²) < 4.78 is 2.05. The molecule has 0 radical (unpaired) electrons. The number of hydrogen-bond acceptors (Lipinski definition) is 4. The lowest BCUT2D eigenvalue weighted by atomic mass is 10.2. The smallest absolute Gasteiger partial charge is 0.335 e. The van der Waals surface area contributed by atoms with Gasteiger partial charge in [0.1, 0.15) is 5.82 Å². The number of hydrogen-bond donors (Lipinski definition) is 1. The van der Waals surface area contributed by atoms with Crippen molar-refractivity contribution >= 4 is 28.3 Å². The first-order valence-electron chi connectivity index (χ1n) is 6.16. The molecule has 0 spiro atoms.